The number of carboxylic acids is 2. The summed E-state index contributed by atoms with van der Waals surface area (Å²) in [6.07, 6.45) is 4.03. The molecule has 14 nitrogen and oxygen atoms in total. The van der Waals surface area contributed by atoms with E-state index in [-0.39, 0.29) is 34.7 Å². The van der Waals surface area contributed by atoms with E-state index in [0.717, 1.165) is 158 Å². The van der Waals surface area contributed by atoms with Crippen LogP contribution in [-0.4, -0.2) is 71.5 Å². The van der Waals surface area contributed by atoms with Crippen LogP contribution < -0.4 is 48.9 Å². The molecule has 16 heteroatoms. The number of pyridine rings is 1. The van der Waals surface area contributed by atoms with Gasteiger partial charge in [0.2, 0.25) is 5.36 Å². The molecule has 6 heterocycles. The lowest BCUT2D eigenvalue weighted by Crippen LogP contribution is -3.00. The fourth-order valence-corrected chi connectivity index (χ4v) is 15.2. The first-order valence-corrected chi connectivity index (χ1v) is 33.4. The van der Waals surface area contributed by atoms with Gasteiger partial charge in [0, 0.05) is 108 Å². The SMILES string of the molecule is CCN(CC)c1ccc2c(-c3ccccc3C(=O)O)c3ccc(=[N+](CC)CC)cc-3oc2c1.O=C(O)c1cc2cc3c4c(c2oc1=O)CCCN4CCC3.O=c1[nH]c(=O)c2ccc3c4ccccc4sc4ccc1c2c43.OC(c1ccccc1)(c1ccccc1)c1ccccc1.[Cl-]. The number of carbonyl (C=O) groups is 2. The van der Waals surface area contributed by atoms with Crippen molar-refractivity contribution in [2.75, 3.05) is 49.1 Å². The average Bonchev–Trinajstić information content (AvgIpc) is 0.729. The van der Waals surface area contributed by atoms with Gasteiger partial charge in [-0.05, 0) is 153 Å². The number of carboxylic acid groups (broad SMARTS) is 2. The van der Waals surface area contributed by atoms with Crippen molar-refractivity contribution in [3.05, 3.63) is 288 Å². The Balaban J connectivity index is 0.000000126. The number of hydrogen-bond acceptors (Lipinski definition) is 11. The van der Waals surface area contributed by atoms with Crippen molar-refractivity contribution in [1.82, 2.24) is 9.56 Å². The molecule has 0 unspecified atom stereocenters. The number of benzene rings is 10. The molecule has 97 heavy (non-hydrogen) atoms. The van der Waals surface area contributed by atoms with Crippen molar-refractivity contribution >= 4 is 98.3 Å². The summed E-state index contributed by atoms with van der Waals surface area (Å²) in [6, 6.07) is 68.2. The second-order valence-electron chi connectivity index (χ2n) is 24.0. The van der Waals surface area contributed by atoms with Gasteiger partial charge in [0.15, 0.2) is 0 Å². The first-order chi connectivity index (χ1) is 46.7. The first kappa shape index (κ1) is 66.3. The number of aliphatic hydroxyl groups is 1. The van der Waals surface area contributed by atoms with E-state index < -0.39 is 23.2 Å². The maximum absolute atomic E-state index is 12.1. The third kappa shape index (κ3) is 12.5. The van der Waals surface area contributed by atoms with Crippen LogP contribution in [-0.2, 0) is 18.4 Å². The molecule has 16 rings (SSSR count). The van der Waals surface area contributed by atoms with Crippen LogP contribution >= 0.6 is 11.3 Å². The minimum atomic E-state index is -1.24. The molecule has 3 aromatic heterocycles. The third-order valence-corrected chi connectivity index (χ3v) is 19.8. The number of H-pyrrole nitrogens is 1. The number of anilines is 2. The number of nitrogens with one attached hydrogen (secondary N) is 1. The zero-order chi connectivity index (χ0) is 66.8. The van der Waals surface area contributed by atoms with Crippen molar-refractivity contribution in [1.29, 1.82) is 0 Å². The van der Waals surface area contributed by atoms with Crippen molar-refractivity contribution in [3.8, 4) is 22.5 Å². The first-order valence-electron chi connectivity index (χ1n) is 32.6. The van der Waals surface area contributed by atoms with Gasteiger partial charge in [0.05, 0.1) is 11.6 Å². The van der Waals surface area contributed by atoms with Crippen LogP contribution in [0, 0.1) is 0 Å². The second-order valence-corrected chi connectivity index (χ2v) is 25.1. The topological polar surface area (TPSA) is 198 Å². The molecule has 0 saturated heterocycles. The summed E-state index contributed by atoms with van der Waals surface area (Å²) in [4.78, 5) is 66.3. The highest BCUT2D eigenvalue weighted by atomic mass is 35.5. The van der Waals surface area contributed by atoms with E-state index in [1.807, 2.05) is 146 Å². The van der Waals surface area contributed by atoms with Gasteiger partial charge >= 0.3 is 17.6 Å². The summed E-state index contributed by atoms with van der Waals surface area (Å²) in [5.41, 5.74) is 8.52. The number of nitrogens with zero attached hydrogens (tertiary/aromatic N) is 3. The number of aromatic nitrogens is 1. The zero-order valence-electron chi connectivity index (χ0n) is 54.1. The van der Waals surface area contributed by atoms with Crippen LogP contribution in [0.25, 0.3) is 86.1 Å². The summed E-state index contributed by atoms with van der Waals surface area (Å²) < 4.78 is 16.4. The Hall–Kier alpha value is -10.7. The molecule has 0 fully saturated rings. The molecule has 0 atom stereocenters. The van der Waals surface area contributed by atoms with Gasteiger partial charge in [-0.3, -0.25) is 14.6 Å². The van der Waals surface area contributed by atoms with Crippen LogP contribution in [0.1, 0.15) is 89.1 Å². The van der Waals surface area contributed by atoms with E-state index in [9.17, 15) is 34.2 Å². The highest BCUT2D eigenvalue weighted by Crippen LogP contribution is 2.44. The number of aromatic amines is 1. The van der Waals surface area contributed by atoms with Crippen molar-refractivity contribution in [3.63, 3.8) is 0 Å². The van der Waals surface area contributed by atoms with E-state index in [1.165, 1.54) is 22.0 Å². The number of fused-ring (bicyclic) bond motifs is 6. The predicted molar refractivity (Wildman–Crippen MR) is 387 cm³/mol. The zero-order valence-corrected chi connectivity index (χ0v) is 55.7. The van der Waals surface area contributed by atoms with E-state index in [4.69, 9.17) is 13.9 Å². The number of halogens is 1. The lowest BCUT2D eigenvalue weighted by molar-refractivity contribution is -0.0000520. The number of aromatic carboxylic acids is 2. The van der Waals surface area contributed by atoms with Crippen molar-refractivity contribution in [2.24, 2.45) is 0 Å². The molecule has 0 radical (unpaired) electrons. The molecule has 4 N–H and O–H groups in total. The van der Waals surface area contributed by atoms with E-state index in [1.54, 1.807) is 23.5 Å². The molecule has 3 aliphatic heterocycles. The largest absolute Gasteiger partial charge is 1.00 e. The lowest BCUT2D eigenvalue weighted by Gasteiger charge is -2.37. The summed E-state index contributed by atoms with van der Waals surface area (Å²) in [6.45, 7) is 14.2. The average molecular weight is 1330 g/mol. The van der Waals surface area contributed by atoms with Crippen molar-refractivity contribution in [2.45, 2.75) is 59.0 Å². The minimum absolute atomic E-state index is 0. The molecule has 488 valence electrons. The van der Waals surface area contributed by atoms with Crippen LogP contribution in [0.2, 0.25) is 0 Å². The van der Waals surface area contributed by atoms with Crippen molar-refractivity contribution < 1.29 is 46.1 Å². The molecular formula is C81H71ClN4O10S. The molecule has 12 aromatic rings. The third-order valence-electron chi connectivity index (χ3n) is 18.6. The summed E-state index contributed by atoms with van der Waals surface area (Å²) in [5, 5.41) is 38.3. The highest BCUT2D eigenvalue weighted by Gasteiger charge is 2.34. The Morgan fingerprint density at radius 2 is 1.14 bits per heavy atom. The lowest BCUT2D eigenvalue weighted by atomic mass is 9.80. The Bertz CT molecular complexity index is 5360. The molecule has 0 amide bonds. The quantitative estimate of drug-likeness (QED) is 0.0315. The summed E-state index contributed by atoms with van der Waals surface area (Å²) in [7, 11) is 0. The van der Waals surface area contributed by atoms with E-state index in [0.29, 0.717) is 21.9 Å². The van der Waals surface area contributed by atoms with Gasteiger partial charge in [-0.2, -0.15) is 0 Å². The summed E-state index contributed by atoms with van der Waals surface area (Å²) >= 11 is 1.69. The highest BCUT2D eigenvalue weighted by molar-refractivity contribution is 7.25. The fourth-order valence-electron chi connectivity index (χ4n) is 14.0. The van der Waals surface area contributed by atoms with Crippen LogP contribution in [0.15, 0.2) is 236 Å². The maximum Gasteiger partial charge on any atom is 0.351 e. The molecular weight excluding hydrogens is 1260 g/mol. The molecule has 0 saturated carbocycles. The Kier molecular flexibility index (Phi) is 19.4. The Labute approximate surface area is 569 Å². The van der Waals surface area contributed by atoms with Gasteiger partial charge in [-0.1, -0.05) is 133 Å². The van der Waals surface area contributed by atoms with Gasteiger partial charge in [0.1, 0.15) is 41.2 Å². The minimum Gasteiger partial charge on any atom is -1.00 e. The standard InChI is InChI=1S/C28H30N2O3.C19H16O.C18H9NO2S.C16H15NO4.ClH/c1-5-29(6-2)19-13-15-23-25(17-19)33-26-18-20(30(7-3)8-4)14-16-24(26)27(23)21-11-9-10-12-22(21)28(31)32;20-19(16-10-4-1-5-11-16,17-12-6-2-7-13-17)18-14-8-3-9-15-18;20-17-11-6-5-10-9-3-1-2-4-13(9)22-14-8-7-12(18(21)19-17)15(11)16(10)14;18-15(19)12-8-10-7-9-3-1-5-17-6-2-4-11(13(9)17)14(10)21-16(12)20;/h9-18H,5-8H2,1-4H3;1-15,20H;1-8H,(H,19,20,21);7-8H,1-6H2,(H,18,19);1H. The fraction of sp³-hybridized carbons (Fsp3) is 0.185. The van der Waals surface area contributed by atoms with Gasteiger partial charge in [-0.15, -0.1) is 11.3 Å². The molecule has 1 aliphatic carbocycles. The normalized spacial score (nSPS) is 12.5. The second kappa shape index (κ2) is 28.3. The van der Waals surface area contributed by atoms with E-state index in [2.05, 4.69) is 95.6 Å². The van der Waals surface area contributed by atoms with E-state index >= 15 is 0 Å². The smallest absolute Gasteiger partial charge is 0.351 e. The number of hydrogen-bond donors (Lipinski definition) is 4. The maximum atomic E-state index is 12.1. The van der Waals surface area contributed by atoms with Crippen LogP contribution in [0.3, 0.4) is 0 Å². The van der Waals surface area contributed by atoms with Gasteiger partial charge in [-0.25, -0.2) is 19.0 Å². The van der Waals surface area contributed by atoms with Crippen LogP contribution in [0.5, 0.6) is 0 Å². The number of aryl methyl sites for hydroxylation is 2. The Morgan fingerprint density at radius 3 is 1.77 bits per heavy atom. The Morgan fingerprint density at radius 1 is 0.567 bits per heavy atom. The molecule has 0 bridgehead atoms. The van der Waals surface area contributed by atoms with Crippen LogP contribution in [0.4, 0.5) is 11.4 Å². The van der Waals surface area contributed by atoms with Gasteiger partial charge < -0.3 is 46.4 Å². The van der Waals surface area contributed by atoms with Gasteiger partial charge in [0.25, 0.3) is 11.1 Å². The summed E-state index contributed by atoms with van der Waals surface area (Å²) in [5.74, 6) is -1.43. The molecule has 9 aromatic carbocycles. The monoisotopic (exact) mass is 1330 g/mol. The predicted octanol–water partition coefficient (Wildman–Crippen LogP) is 12.6. The number of rotatable bonds is 11. The molecule has 4 aliphatic rings. The molecule has 0 spiro atoms.